The third-order valence-electron chi connectivity index (χ3n) is 3.89. The van der Waals surface area contributed by atoms with Crippen LogP contribution in [0.4, 0.5) is 4.79 Å². The van der Waals surface area contributed by atoms with Crippen LogP contribution in [0.3, 0.4) is 0 Å². The van der Waals surface area contributed by atoms with Crippen molar-refractivity contribution in [3.63, 3.8) is 0 Å². The quantitative estimate of drug-likeness (QED) is 0.812. The molecule has 0 aromatic carbocycles. The first-order valence-electron chi connectivity index (χ1n) is 7.62. The molecule has 114 valence electrons. The average molecular weight is 282 g/mol. The van der Waals surface area contributed by atoms with Gasteiger partial charge in [-0.15, -0.1) is 0 Å². The normalized spacial score (nSPS) is 20.6. The van der Waals surface area contributed by atoms with Crippen molar-refractivity contribution in [1.82, 2.24) is 20.0 Å². The van der Waals surface area contributed by atoms with Crippen LogP contribution in [0, 0.1) is 0 Å². The number of likely N-dealkylation sites (tertiary alicyclic amines) is 1. The fourth-order valence-electron chi connectivity index (χ4n) is 2.73. The van der Waals surface area contributed by atoms with E-state index in [1.165, 1.54) is 12.8 Å². The maximum absolute atomic E-state index is 12.2. The summed E-state index contributed by atoms with van der Waals surface area (Å²) in [6.07, 6.45) is 2.41. The molecular weight excluding hydrogens is 256 g/mol. The summed E-state index contributed by atoms with van der Waals surface area (Å²) < 4.78 is 0. The molecule has 2 fully saturated rings. The second kappa shape index (κ2) is 6.92. The molecule has 0 spiro atoms. The summed E-state index contributed by atoms with van der Waals surface area (Å²) in [4.78, 5) is 29.9. The first kappa shape index (κ1) is 15.1. The van der Waals surface area contributed by atoms with Crippen LogP contribution >= 0.6 is 0 Å². The Balaban J connectivity index is 1.73. The van der Waals surface area contributed by atoms with Crippen molar-refractivity contribution in [3.05, 3.63) is 0 Å². The molecule has 6 heteroatoms. The van der Waals surface area contributed by atoms with Gasteiger partial charge in [-0.3, -0.25) is 9.69 Å². The standard InChI is InChI=1S/C14H26N4O2/c1-12(2)15-14(20)18-9-7-17(8-10-18)13(19)11-16-5-3-4-6-16/h12H,3-11H2,1-2H3,(H,15,20). The zero-order valence-corrected chi connectivity index (χ0v) is 12.6. The summed E-state index contributed by atoms with van der Waals surface area (Å²) in [5.74, 6) is 0.204. The van der Waals surface area contributed by atoms with Gasteiger partial charge >= 0.3 is 6.03 Å². The van der Waals surface area contributed by atoms with Crippen molar-refractivity contribution in [2.24, 2.45) is 0 Å². The smallest absolute Gasteiger partial charge is 0.317 e. The lowest BCUT2D eigenvalue weighted by Crippen LogP contribution is -2.55. The third-order valence-corrected chi connectivity index (χ3v) is 3.89. The fourth-order valence-corrected chi connectivity index (χ4v) is 2.73. The molecule has 3 amide bonds. The summed E-state index contributed by atoms with van der Waals surface area (Å²) in [7, 11) is 0. The zero-order valence-electron chi connectivity index (χ0n) is 12.6. The monoisotopic (exact) mass is 282 g/mol. The molecule has 0 aliphatic carbocycles. The molecule has 2 rings (SSSR count). The molecule has 6 nitrogen and oxygen atoms in total. The van der Waals surface area contributed by atoms with Crippen LogP contribution in [-0.2, 0) is 4.79 Å². The Bertz CT molecular complexity index is 345. The van der Waals surface area contributed by atoms with Gasteiger partial charge in [0, 0.05) is 32.2 Å². The van der Waals surface area contributed by atoms with Crippen LogP contribution < -0.4 is 5.32 Å². The van der Waals surface area contributed by atoms with E-state index >= 15 is 0 Å². The molecule has 20 heavy (non-hydrogen) atoms. The van der Waals surface area contributed by atoms with Crippen LogP contribution in [0.5, 0.6) is 0 Å². The van der Waals surface area contributed by atoms with Crippen LogP contribution in [0.1, 0.15) is 26.7 Å². The lowest BCUT2D eigenvalue weighted by Gasteiger charge is -2.35. The van der Waals surface area contributed by atoms with Crippen LogP contribution in [0.15, 0.2) is 0 Å². The third kappa shape index (κ3) is 4.10. The highest BCUT2D eigenvalue weighted by atomic mass is 16.2. The van der Waals surface area contributed by atoms with Crippen LogP contribution in [0.25, 0.3) is 0 Å². The number of urea groups is 1. The molecule has 1 N–H and O–H groups in total. The highest BCUT2D eigenvalue weighted by Crippen LogP contribution is 2.09. The molecule has 0 radical (unpaired) electrons. The minimum Gasteiger partial charge on any atom is -0.338 e. The molecule has 0 atom stereocenters. The lowest BCUT2D eigenvalue weighted by molar-refractivity contribution is -0.133. The Morgan fingerprint density at radius 1 is 0.950 bits per heavy atom. The van der Waals surface area contributed by atoms with Crippen molar-refractivity contribution < 1.29 is 9.59 Å². The number of piperazine rings is 1. The lowest BCUT2D eigenvalue weighted by atomic mass is 10.3. The van der Waals surface area contributed by atoms with Gasteiger partial charge in [-0.05, 0) is 39.8 Å². The Morgan fingerprint density at radius 3 is 2.05 bits per heavy atom. The first-order chi connectivity index (χ1) is 9.56. The van der Waals surface area contributed by atoms with Gasteiger partial charge in [-0.25, -0.2) is 4.79 Å². The predicted octanol–water partition coefficient (Wildman–Crippen LogP) is 0.344. The van der Waals surface area contributed by atoms with Crippen molar-refractivity contribution >= 4 is 11.9 Å². The number of carbonyl (C=O) groups is 2. The Morgan fingerprint density at radius 2 is 1.50 bits per heavy atom. The summed E-state index contributed by atoms with van der Waals surface area (Å²) >= 11 is 0. The van der Waals surface area contributed by atoms with E-state index in [4.69, 9.17) is 0 Å². The van der Waals surface area contributed by atoms with E-state index in [9.17, 15) is 9.59 Å². The van der Waals surface area contributed by atoms with Crippen molar-refractivity contribution in [2.75, 3.05) is 45.8 Å². The fraction of sp³-hybridized carbons (Fsp3) is 0.857. The highest BCUT2D eigenvalue weighted by molar-refractivity contribution is 5.79. The van der Waals surface area contributed by atoms with Crippen LogP contribution in [-0.4, -0.2) is 78.5 Å². The van der Waals surface area contributed by atoms with Crippen LogP contribution in [0.2, 0.25) is 0 Å². The van der Waals surface area contributed by atoms with Gasteiger partial charge in [0.1, 0.15) is 0 Å². The molecule has 2 aliphatic heterocycles. The van der Waals surface area contributed by atoms with E-state index < -0.39 is 0 Å². The minimum absolute atomic E-state index is 0.0216. The molecule has 2 saturated heterocycles. The number of hydrogen-bond donors (Lipinski definition) is 1. The van der Waals surface area contributed by atoms with Gasteiger partial charge in [0.2, 0.25) is 5.91 Å². The molecule has 0 aromatic rings. The molecule has 0 saturated carbocycles. The largest absolute Gasteiger partial charge is 0.338 e. The van der Waals surface area contributed by atoms with E-state index in [1.54, 1.807) is 4.90 Å². The minimum atomic E-state index is -0.0216. The Kier molecular flexibility index (Phi) is 5.23. The second-order valence-corrected chi connectivity index (χ2v) is 5.96. The maximum Gasteiger partial charge on any atom is 0.317 e. The van der Waals surface area contributed by atoms with Gasteiger partial charge in [-0.1, -0.05) is 0 Å². The summed E-state index contributed by atoms with van der Waals surface area (Å²) in [5, 5.41) is 2.89. The van der Waals surface area contributed by atoms with E-state index in [0.29, 0.717) is 32.7 Å². The molecule has 0 bridgehead atoms. The van der Waals surface area contributed by atoms with Gasteiger partial charge in [0.15, 0.2) is 0 Å². The number of nitrogens with one attached hydrogen (secondary N) is 1. The van der Waals surface area contributed by atoms with E-state index in [-0.39, 0.29) is 18.0 Å². The van der Waals surface area contributed by atoms with Gasteiger partial charge in [0.05, 0.1) is 6.54 Å². The molecular formula is C14H26N4O2. The maximum atomic E-state index is 12.2. The van der Waals surface area contributed by atoms with Crippen molar-refractivity contribution in [1.29, 1.82) is 0 Å². The molecule has 2 aliphatic rings. The zero-order chi connectivity index (χ0) is 14.5. The number of rotatable bonds is 3. The predicted molar refractivity (Wildman–Crippen MR) is 77.5 cm³/mol. The number of amides is 3. The number of hydrogen-bond acceptors (Lipinski definition) is 3. The average Bonchev–Trinajstić information content (AvgIpc) is 2.91. The summed E-state index contributed by atoms with van der Waals surface area (Å²) in [5.41, 5.74) is 0. The van der Waals surface area contributed by atoms with Gasteiger partial charge < -0.3 is 15.1 Å². The number of carbonyl (C=O) groups excluding carboxylic acids is 2. The second-order valence-electron chi connectivity index (χ2n) is 5.96. The molecule has 0 aromatic heterocycles. The van der Waals surface area contributed by atoms with Gasteiger partial charge in [0.25, 0.3) is 0 Å². The van der Waals surface area contributed by atoms with E-state index in [2.05, 4.69) is 10.2 Å². The van der Waals surface area contributed by atoms with Gasteiger partial charge in [-0.2, -0.15) is 0 Å². The number of nitrogens with zero attached hydrogens (tertiary/aromatic N) is 3. The van der Waals surface area contributed by atoms with E-state index in [1.807, 2.05) is 18.7 Å². The van der Waals surface area contributed by atoms with Crippen molar-refractivity contribution in [3.8, 4) is 0 Å². The first-order valence-corrected chi connectivity index (χ1v) is 7.62. The van der Waals surface area contributed by atoms with Crippen molar-refractivity contribution in [2.45, 2.75) is 32.7 Å². The Labute approximate surface area is 121 Å². The highest BCUT2D eigenvalue weighted by Gasteiger charge is 2.25. The van der Waals surface area contributed by atoms with E-state index in [0.717, 1.165) is 13.1 Å². The molecule has 0 unspecified atom stereocenters. The Hall–Kier alpha value is -1.30. The summed E-state index contributed by atoms with van der Waals surface area (Å²) in [6, 6.07) is 0.129. The molecule has 2 heterocycles. The summed E-state index contributed by atoms with van der Waals surface area (Å²) in [6.45, 7) is 9.09. The SMILES string of the molecule is CC(C)NC(=O)N1CCN(C(=O)CN2CCCC2)CC1. The topological polar surface area (TPSA) is 55.9 Å².